The van der Waals surface area contributed by atoms with E-state index in [0.29, 0.717) is 0 Å². The molecule has 1 N–H and O–H groups in total. The van der Waals surface area contributed by atoms with E-state index < -0.39 is 0 Å². The van der Waals surface area contributed by atoms with Crippen LogP contribution in [0.2, 0.25) is 5.28 Å². The van der Waals surface area contributed by atoms with Gasteiger partial charge < -0.3 is 5.32 Å². The maximum absolute atomic E-state index is 6.01. The molecule has 0 amide bonds. The third-order valence-corrected chi connectivity index (χ3v) is 4.37. The van der Waals surface area contributed by atoms with Gasteiger partial charge in [-0.3, -0.25) is 4.68 Å². The smallest absolute Gasteiger partial charge is 0.225 e. The number of halogens is 1. The fourth-order valence-corrected chi connectivity index (χ4v) is 3.25. The minimum Gasteiger partial charge on any atom is -0.337 e. The summed E-state index contributed by atoms with van der Waals surface area (Å²) < 4.78 is 1.77. The molecule has 0 aliphatic rings. The van der Waals surface area contributed by atoms with Crippen molar-refractivity contribution in [1.29, 1.82) is 0 Å². The summed E-state index contributed by atoms with van der Waals surface area (Å²) >= 11 is 7.66. The van der Waals surface area contributed by atoms with Gasteiger partial charge in [0.25, 0.3) is 0 Å². The van der Waals surface area contributed by atoms with Crippen molar-refractivity contribution in [2.24, 2.45) is 7.05 Å². The second-order valence-corrected chi connectivity index (χ2v) is 6.01. The summed E-state index contributed by atoms with van der Waals surface area (Å²) in [5, 5.41) is 8.87. The highest BCUT2D eigenvalue weighted by molar-refractivity contribution is 7.18. The topological polar surface area (TPSA) is 55.6 Å². The van der Waals surface area contributed by atoms with Gasteiger partial charge in [-0.25, -0.2) is 4.98 Å². The predicted molar refractivity (Wildman–Crippen MR) is 83.0 cm³/mol. The Labute approximate surface area is 125 Å². The van der Waals surface area contributed by atoms with Crippen molar-refractivity contribution in [3.63, 3.8) is 0 Å². The van der Waals surface area contributed by atoms with E-state index >= 15 is 0 Å². The first kappa shape index (κ1) is 13.3. The molecule has 104 valence electrons. The second-order valence-electron chi connectivity index (χ2n) is 4.55. The highest BCUT2D eigenvalue weighted by atomic mass is 35.5. The molecule has 5 nitrogen and oxygen atoms in total. The molecule has 0 fully saturated rings. The fraction of sp³-hybridized carbons (Fsp3) is 0.308. The lowest BCUT2D eigenvalue weighted by atomic mass is 10.3. The first-order valence-electron chi connectivity index (χ1n) is 6.30. The van der Waals surface area contributed by atoms with Crippen molar-refractivity contribution >= 4 is 44.7 Å². The quantitative estimate of drug-likeness (QED) is 0.750. The summed E-state index contributed by atoms with van der Waals surface area (Å²) in [5.41, 5.74) is 1.84. The van der Waals surface area contributed by atoms with E-state index in [1.807, 2.05) is 20.2 Å². The SMILES string of the molecule is CCc1cc2c(Nc3cn(C)nc3C)nc(Cl)nc2s1. The van der Waals surface area contributed by atoms with Crippen LogP contribution < -0.4 is 5.32 Å². The molecule has 0 aliphatic heterocycles. The largest absolute Gasteiger partial charge is 0.337 e. The molecule has 0 saturated carbocycles. The number of aromatic nitrogens is 4. The van der Waals surface area contributed by atoms with Crippen LogP contribution in [-0.2, 0) is 13.5 Å². The number of nitrogens with zero attached hydrogens (tertiary/aromatic N) is 4. The molecule has 3 aromatic rings. The Hall–Kier alpha value is -1.66. The summed E-state index contributed by atoms with van der Waals surface area (Å²) in [6.07, 6.45) is 2.90. The van der Waals surface area contributed by atoms with Gasteiger partial charge in [0.1, 0.15) is 10.6 Å². The minimum absolute atomic E-state index is 0.256. The van der Waals surface area contributed by atoms with Crippen molar-refractivity contribution in [1.82, 2.24) is 19.7 Å². The molecule has 0 unspecified atom stereocenters. The average Bonchev–Trinajstić information content (AvgIpc) is 2.93. The Morgan fingerprint density at radius 1 is 1.40 bits per heavy atom. The molecule has 0 radical (unpaired) electrons. The van der Waals surface area contributed by atoms with E-state index in [4.69, 9.17) is 11.6 Å². The minimum atomic E-state index is 0.256. The molecular weight excluding hydrogens is 294 g/mol. The zero-order valence-electron chi connectivity index (χ0n) is 11.4. The normalized spacial score (nSPS) is 11.2. The van der Waals surface area contributed by atoms with Crippen LogP contribution in [0.4, 0.5) is 11.5 Å². The van der Waals surface area contributed by atoms with E-state index in [1.165, 1.54) is 4.88 Å². The number of aryl methyl sites for hydroxylation is 3. The van der Waals surface area contributed by atoms with Crippen LogP contribution >= 0.6 is 22.9 Å². The Kier molecular flexibility index (Phi) is 3.35. The molecule has 0 aromatic carbocycles. The lowest BCUT2D eigenvalue weighted by molar-refractivity contribution is 0.756. The third kappa shape index (κ3) is 2.36. The monoisotopic (exact) mass is 307 g/mol. The molecule has 20 heavy (non-hydrogen) atoms. The summed E-state index contributed by atoms with van der Waals surface area (Å²) in [5.74, 6) is 0.729. The number of thiophene rings is 1. The molecule has 3 aromatic heterocycles. The van der Waals surface area contributed by atoms with Crippen LogP contribution in [0, 0.1) is 6.92 Å². The fourth-order valence-electron chi connectivity index (χ4n) is 2.06. The third-order valence-electron chi connectivity index (χ3n) is 3.03. The van der Waals surface area contributed by atoms with Crippen LogP contribution in [0.3, 0.4) is 0 Å². The van der Waals surface area contributed by atoms with Crippen molar-refractivity contribution in [2.45, 2.75) is 20.3 Å². The van der Waals surface area contributed by atoms with E-state index in [9.17, 15) is 0 Å². The van der Waals surface area contributed by atoms with E-state index in [1.54, 1.807) is 16.0 Å². The van der Waals surface area contributed by atoms with Gasteiger partial charge in [-0.1, -0.05) is 6.92 Å². The van der Waals surface area contributed by atoms with Crippen molar-refractivity contribution in [2.75, 3.05) is 5.32 Å². The lowest BCUT2D eigenvalue weighted by Gasteiger charge is -2.05. The number of rotatable bonds is 3. The first-order chi connectivity index (χ1) is 9.56. The number of hydrogen-bond acceptors (Lipinski definition) is 5. The molecule has 0 aliphatic carbocycles. The molecular formula is C13H14ClN5S. The van der Waals surface area contributed by atoms with Crippen molar-refractivity contribution < 1.29 is 0 Å². The predicted octanol–water partition coefficient (Wildman–Crippen LogP) is 3.69. The van der Waals surface area contributed by atoms with Gasteiger partial charge in [-0.2, -0.15) is 10.1 Å². The van der Waals surface area contributed by atoms with Crippen molar-refractivity contribution in [3.05, 3.63) is 28.1 Å². The van der Waals surface area contributed by atoms with Gasteiger partial charge in [0.05, 0.1) is 16.8 Å². The van der Waals surface area contributed by atoms with Crippen LogP contribution in [0.15, 0.2) is 12.3 Å². The molecule has 0 bridgehead atoms. The highest BCUT2D eigenvalue weighted by Crippen LogP contribution is 2.32. The summed E-state index contributed by atoms with van der Waals surface area (Å²) in [6.45, 7) is 4.07. The molecule has 3 heterocycles. The van der Waals surface area contributed by atoms with Gasteiger partial charge in [-0.15, -0.1) is 11.3 Å². The Bertz CT molecular complexity index is 777. The summed E-state index contributed by atoms with van der Waals surface area (Å²) in [6, 6.07) is 2.12. The lowest BCUT2D eigenvalue weighted by Crippen LogP contribution is -1.96. The van der Waals surface area contributed by atoms with Crippen LogP contribution in [0.1, 0.15) is 17.5 Å². The van der Waals surface area contributed by atoms with Gasteiger partial charge in [0.15, 0.2) is 0 Å². The molecule has 0 atom stereocenters. The highest BCUT2D eigenvalue weighted by Gasteiger charge is 2.12. The molecule has 0 spiro atoms. The molecule has 3 rings (SSSR count). The summed E-state index contributed by atoms with van der Waals surface area (Å²) in [4.78, 5) is 10.8. The number of hydrogen-bond donors (Lipinski definition) is 1. The van der Waals surface area contributed by atoms with Crippen molar-refractivity contribution in [3.8, 4) is 0 Å². The zero-order chi connectivity index (χ0) is 14.3. The van der Waals surface area contributed by atoms with Gasteiger partial charge in [-0.05, 0) is 31.0 Å². The van der Waals surface area contributed by atoms with Gasteiger partial charge in [0, 0.05) is 18.1 Å². The van der Waals surface area contributed by atoms with Crippen LogP contribution in [0.25, 0.3) is 10.2 Å². The molecule has 0 saturated heterocycles. The maximum Gasteiger partial charge on any atom is 0.225 e. The van der Waals surface area contributed by atoms with Gasteiger partial charge >= 0.3 is 0 Å². The number of anilines is 2. The average molecular weight is 308 g/mol. The van der Waals surface area contributed by atoms with Gasteiger partial charge in [0.2, 0.25) is 5.28 Å². The summed E-state index contributed by atoms with van der Waals surface area (Å²) in [7, 11) is 1.89. The van der Waals surface area contributed by atoms with Crippen LogP contribution in [0.5, 0.6) is 0 Å². The second kappa shape index (κ2) is 5.03. The number of fused-ring (bicyclic) bond motifs is 1. The zero-order valence-corrected chi connectivity index (χ0v) is 13.0. The Balaban J connectivity index is 2.10. The van der Waals surface area contributed by atoms with E-state index in [-0.39, 0.29) is 5.28 Å². The van der Waals surface area contributed by atoms with E-state index in [2.05, 4.69) is 33.4 Å². The maximum atomic E-state index is 6.01. The molecule has 7 heteroatoms. The number of nitrogens with one attached hydrogen (secondary N) is 1. The first-order valence-corrected chi connectivity index (χ1v) is 7.49. The Morgan fingerprint density at radius 3 is 2.85 bits per heavy atom. The van der Waals surface area contributed by atoms with Crippen LogP contribution in [-0.4, -0.2) is 19.7 Å². The standard InChI is InChI=1S/C13H14ClN5S/c1-4-8-5-9-11(16-13(14)17-12(9)20-8)15-10-6-19(3)18-7(10)2/h5-6H,4H2,1-3H3,(H,15,16,17). The van der Waals surface area contributed by atoms with E-state index in [0.717, 1.165) is 33.8 Å². The Morgan fingerprint density at radius 2 is 2.20 bits per heavy atom.